The second-order valence-electron chi connectivity index (χ2n) is 5.54. The van der Waals surface area contributed by atoms with E-state index in [1.54, 1.807) is 38.5 Å². The standard InChI is InChI=1S/C19H19N3O4S/c1-24-14-8-6-13(7-9-14)10-18-21-22-19(27-18)20-17(23)12-26-16-5-3-4-15(11-16)25-2/h3-9,11H,10,12H2,1-2H3,(H,20,22,23). The molecule has 3 rings (SSSR count). The molecule has 27 heavy (non-hydrogen) atoms. The minimum Gasteiger partial charge on any atom is -0.497 e. The largest absolute Gasteiger partial charge is 0.497 e. The molecule has 0 fully saturated rings. The maximum Gasteiger partial charge on any atom is 0.264 e. The fourth-order valence-corrected chi connectivity index (χ4v) is 3.08. The van der Waals surface area contributed by atoms with Gasteiger partial charge in [0.25, 0.3) is 5.91 Å². The van der Waals surface area contributed by atoms with Crippen LogP contribution < -0.4 is 19.5 Å². The number of methoxy groups -OCH3 is 2. The Kier molecular flexibility index (Phi) is 6.22. The number of hydrogen-bond acceptors (Lipinski definition) is 7. The third-order valence-electron chi connectivity index (χ3n) is 3.64. The first-order valence-corrected chi connectivity index (χ1v) is 9.00. The van der Waals surface area contributed by atoms with Crippen LogP contribution in [0.3, 0.4) is 0 Å². The summed E-state index contributed by atoms with van der Waals surface area (Å²) in [5.41, 5.74) is 1.09. The van der Waals surface area contributed by atoms with Crippen LogP contribution in [0.2, 0.25) is 0 Å². The number of amides is 1. The first-order valence-electron chi connectivity index (χ1n) is 8.18. The fraction of sp³-hybridized carbons (Fsp3) is 0.211. The van der Waals surface area contributed by atoms with E-state index in [4.69, 9.17) is 14.2 Å². The summed E-state index contributed by atoms with van der Waals surface area (Å²) in [7, 11) is 3.21. The van der Waals surface area contributed by atoms with E-state index in [0.717, 1.165) is 16.3 Å². The molecule has 1 heterocycles. The minimum atomic E-state index is -0.301. The highest BCUT2D eigenvalue weighted by atomic mass is 32.1. The summed E-state index contributed by atoms with van der Waals surface area (Å²) in [5.74, 6) is 1.73. The number of hydrogen-bond donors (Lipinski definition) is 1. The Hall–Kier alpha value is -3.13. The molecule has 1 amide bonds. The van der Waals surface area contributed by atoms with Crippen LogP contribution in [0.5, 0.6) is 17.2 Å². The molecule has 0 saturated carbocycles. The quantitative estimate of drug-likeness (QED) is 0.641. The summed E-state index contributed by atoms with van der Waals surface area (Å²) in [6.45, 7) is -0.124. The third kappa shape index (κ3) is 5.42. The van der Waals surface area contributed by atoms with Crippen molar-refractivity contribution in [3.8, 4) is 17.2 Å². The maximum atomic E-state index is 12.0. The lowest BCUT2D eigenvalue weighted by atomic mass is 10.1. The highest BCUT2D eigenvalue weighted by Gasteiger charge is 2.10. The predicted octanol–water partition coefficient (Wildman–Crippen LogP) is 3.16. The number of anilines is 1. The number of carbonyl (C=O) groups is 1. The fourth-order valence-electron chi connectivity index (χ4n) is 2.29. The number of ether oxygens (including phenoxy) is 3. The van der Waals surface area contributed by atoms with E-state index < -0.39 is 0 Å². The number of nitrogens with zero attached hydrogens (tertiary/aromatic N) is 2. The normalized spacial score (nSPS) is 10.3. The molecule has 0 radical (unpaired) electrons. The molecule has 0 bridgehead atoms. The van der Waals surface area contributed by atoms with E-state index in [0.29, 0.717) is 23.1 Å². The van der Waals surface area contributed by atoms with Gasteiger partial charge in [0.05, 0.1) is 14.2 Å². The molecular formula is C19H19N3O4S. The van der Waals surface area contributed by atoms with Crippen LogP contribution >= 0.6 is 11.3 Å². The van der Waals surface area contributed by atoms with Crippen LogP contribution in [0.15, 0.2) is 48.5 Å². The van der Waals surface area contributed by atoms with Crippen molar-refractivity contribution in [2.24, 2.45) is 0 Å². The zero-order valence-corrected chi connectivity index (χ0v) is 15.8. The summed E-state index contributed by atoms with van der Waals surface area (Å²) in [4.78, 5) is 12.0. The van der Waals surface area contributed by atoms with Crippen molar-refractivity contribution in [1.29, 1.82) is 0 Å². The predicted molar refractivity (Wildman–Crippen MR) is 103 cm³/mol. The van der Waals surface area contributed by atoms with Crippen LogP contribution in [0.1, 0.15) is 10.6 Å². The molecule has 2 aromatic carbocycles. The lowest BCUT2D eigenvalue weighted by Gasteiger charge is -2.07. The molecule has 0 atom stereocenters. The molecule has 1 aromatic heterocycles. The van der Waals surface area contributed by atoms with Gasteiger partial charge in [-0.3, -0.25) is 10.1 Å². The molecule has 0 aliphatic carbocycles. The SMILES string of the molecule is COc1ccc(Cc2nnc(NC(=O)COc3cccc(OC)c3)s2)cc1. The highest BCUT2D eigenvalue weighted by molar-refractivity contribution is 7.15. The molecule has 140 valence electrons. The smallest absolute Gasteiger partial charge is 0.264 e. The Balaban J connectivity index is 1.51. The zero-order valence-electron chi connectivity index (χ0n) is 15.0. The first kappa shape index (κ1) is 18.7. The van der Waals surface area contributed by atoms with E-state index in [2.05, 4.69) is 15.5 Å². The highest BCUT2D eigenvalue weighted by Crippen LogP contribution is 2.21. The van der Waals surface area contributed by atoms with Gasteiger partial charge in [0, 0.05) is 12.5 Å². The Morgan fingerprint density at radius 2 is 1.74 bits per heavy atom. The van der Waals surface area contributed by atoms with Gasteiger partial charge in [-0.25, -0.2) is 0 Å². The summed E-state index contributed by atoms with van der Waals surface area (Å²) in [6, 6.07) is 14.8. The van der Waals surface area contributed by atoms with Crippen LogP contribution in [-0.2, 0) is 11.2 Å². The van der Waals surface area contributed by atoms with Gasteiger partial charge >= 0.3 is 0 Å². The molecule has 0 spiro atoms. The average Bonchev–Trinajstić information content (AvgIpc) is 3.13. The summed E-state index contributed by atoms with van der Waals surface area (Å²) in [6.07, 6.45) is 0.637. The average molecular weight is 385 g/mol. The Bertz CT molecular complexity index is 896. The van der Waals surface area contributed by atoms with Crippen LogP contribution in [0.4, 0.5) is 5.13 Å². The topological polar surface area (TPSA) is 82.6 Å². The van der Waals surface area contributed by atoms with Gasteiger partial charge in [-0.2, -0.15) is 0 Å². The van der Waals surface area contributed by atoms with Gasteiger partial charge in [0.15, 0.2) is 6.61 Å². The van der Waals surface area contributed by atoms with E-state index in [-0.39, 0.29) is 12.5 Å². The van der Waals surface area contributed by atoms with Crippen molar-refractivity contribution in [2.75, 3.05) is 26.1 Å². The molecular weight excluding hydrogens is 366 g/mol. The van der Waals surface area contributed by atoms with Gasteiger partial charge in [-0.05, 0) is 29.8 Å². The van der Waals surface area contributed by atoms with E-state index in [1.165, 1.54) is 11.3 Å². The van der Waals surface area contributed by atoms with E-state index in [1.807, 2.05) is 24.3 Å². The van der Waals surface area contributed by atoms with Crippen molar-refractivity contribution < 1.29 is 19.0 Å². The minimum absolute atomic E-state index is 0.124. The number of aromatic nitrogens is 2. The third-order valence-corrected chi connectivity index (χ3v) is 4.48. The molecule has 0 aliphatic heterocycles. The molecule has 7 nitrogen and oxygen atoms in total. The molecule has 0 saturated heterocycles. The van der Waals surface area contributed by atoms with Gasteiger partial charge in [-0.1, -0.05) is 29.5 Å². The first-order chi connectivity index (χ1) is 13.2. The Labute approximate surface area is 160 Å². The molecule has 0 unspecified atom stereocenters. The van der Waals surface area contributed by atoms with E-state index >= 15 is 0 Å². The maximum absolute atomic E-state index is 12.0. The number of nitrogens with one attached hydrogen (secondary N) is 1. The lowest BCUT2D eigenvalue weighted by Crippen LogP contribution is -2.20. The van der Waals surface area contributed by atoms with Gasteiger partial charge in [-0.15, -0.1) is 10.2 Å². The molecule has 8 heteroatoms. The summed E-state index contributed by atoms with van der Waals surface area (Å²) < 4.78 is 15.7. The second kappa shape index (κ2) is 9.00. The Morgan fingerprint density at radius 3 is 2.48 bits per heavy atom. The summed E-state index contributed by atoms with van der Waals surface area (Å²) in [5, 5.41) is 12.1. The van der Waals surface area contributed by atoms with Crippen molar-refractivity contribution in [3.05, 3.63) is 59.1 Å². The molecule has 3 aromatic rings. The van der Waals surface area contributed by atoms with Crippen LogP contribution in [-0.4, -0.2) is 36.9 Å². The molecule has 0 aliphatic rings. The second-order valence-corrected chi connectivity index (χ2v) is 6.60. The van der Waals surface area contributed by atoms with Crippen molar-refractivity contribution >= 4 is 22.4 Å². The monoisotopic (exact) mass is 385 g/mol. The zero-order chi connectivity index (χ0) is 19.1. The van der Waals surface area contributed by atoms with Crippen molar-refractivity contribution in [3.63, 3.8) is 0 Å². The Morgan fingerprint density at radius 1 is 1.00 bits per heavy atom. The van der Waals surface area contributed by atoms with Crippen molar-refractivity contribution in [1.82, 2.24) is 10.2 Å². The number of benzene rings is 2. The number of rotatable bonds is 8. The van der Waals surface area contributed by atoms with Crippen LogP contribution in [0.25, 0.3) is 0 Å². The van der Waals surface area contributed by atoms with Gasteiger partial charge in [0.1, 0.15) is 22.3 Å². The van der Waals surface area contributed by atoms with Crippen molar-refractivity contribution in [2.45, 2.75) is 6.42 Å². The van der Waals surface area contributed by atoms with E-state index in [9.17, 15) is 4.79 Å². The lowest BCUT2D eigenvalue weighted by molar-refractivity contribution is -0.118. The van der Waals surface area contributed by atoms with Crippen LogP contribution in [0, 0.1) is 0 Å². The number of carbonyl (C=O) groups excluding carboxylic acids is 1. The molecule has 1 N–H and O–H groups in total. The van der Waals surface area contributed by atoms with Gasteiger partial charge in [0.2, 0.25) is 5.13 Å². The summed E-state index contributed by atoms with van der Waals surface area (Å²) >= 11 is 1.33. The van der Waals surface area contributed by atoms with Gasteiger partial charge < -0.3 is 14.2 Å².